The van der Waals surface area contributed by atoms with Crippen LogP contribution in [0, 0.1) is 0 Å². The van der Waals surface area contributed by atoms with Crippen molar-refractivity contribution < 1.29 is 13.6 Å². The van der Waals surface area contributed by atoms with Crippen molar-refractivity contribution in [3.05, 3.63) is 35.9 Å². The van der Waals surface area contributed by atoms with E-state index >= 15 is 0 Å². The molecule has 3 aromatic rings. The Bertz CT molecular complexity index is 1220. The maximum atomic E-state index is 13.0. The Morgan fingerprint density at radius 3 is 2.71 bits per heavy atom. The molecule has 1 aliphatic carbocycles. The zero-order valence-corrected chi connectivity index (χ0v) is 22.0. The number of nitrogens with zero attached hydrogens (tertiary/aromatic N) is 4. The lowest BCUT2D eigenvalue weighted by Crippen LogP contribution is -2.44. The SMILES string of the molecule is Cn1ncc2cc(NC(=O)c3coc(N4CC[C@H](O[Si](C)(C)C(C)(C)C)C4)n3)c(C3CC3)cc21. The number of fused-ring (bicyclic) bond motifs is 1. The minimum atomic E-state index is -1.83. The van der Waals surface area contributed by atoms with Crippen LogP contribution in [0.5, 0.6) is 0 Å². The lowest BCUT2D eigenvalue weighted by atomic mass is 10.1. The molecule has 2 aromatic heterocycles. The number of hydrogen-bond acceptors (Lipinski definition) is 6. The third kappa shape index (κ3) is 4.38. The molecule has 1 aliphatic heterocycles. The monoisotopic (exact) mass is 481 g/mol. The summed E-state index contributed by atoms with van der Waals surface area (Å²) in [6.45, 7) is 12.9. The number of anilines is 2. The highest BCUT2D eigenvalue weighted by Gasteiger charge is 2.41. The summed E-state index contributed by atoms with van der Waals surface area (Å²) in [6, 6.07) is 4.64. The zero-order valence-electron chi connectivity index (χ0n) is 21.0. The molecule has 1 N–H and O–H groups in total. The molecule has 0 spiro atoms. The molecule has 1 saturated heterocycles. The van der Waals surface area contributed by atoms with Crippen LogP contribution in [0.2, 0.25) is 18.1 Å². The first kappa shape index (κ1) is 23.1. The summed E-state index contributed by atoms with van der Waals surface area (Å²) >= 11 is 0. The molecule has 1 atom stereocenters. The van der Waals surface area contributed by atoms with Gasteiger partial charge < -0.3 is 19.1 Å². The van der Waals surface area contributed by atoms with E-state index in [0.717, 1.165) is 48.9 Å². The fourth-order valence-electron chi connectivity index (χ4n) is 4.35. The van der Waals surface area contributed by atoms with Gasteiger partial charge in [-0.3, -0.25) is 9.48 Å². The summed E-state index contributed by atoms with van der Waals surface area (Å²) in [5, 5.41) is 8.60. The summed E-state index contributed by atoms with van der Waals surface area (Å²) in [6.07, 6.45) is 6.67. The Kier molecular flexibility index (Phi) is 5.59. The highest BCUT2D eigenvalue weighted by Crippen LogP contribution is 2.45. The lowest BCUT2D eigenvalue weighted by molar-refractivity contribution is 0.102. The van der Waals surface area contributed by atoms with Gasteiger partial charge in [0.1, 0.15) is 6.26 Å². The lowest BCUT2D eigenvalue weighted by Gasteiger charge is -2.38. The van der Waals surface area contributed by atoms with E-state index < -0.39 is 8.32 Å². The second-order valence-corrected chi connectivity index (χ2v) is 16.0. The molecular formula is C25H35N5O3Si. The molecule has 0 unspecified atom stereocenters. The fraction of sp³-hybridized carbons (Fsp3) is 0.560. The number of aromatic nitrogens is 3. The van der Waals surface area contributed by atoms with Crippen LogP contribution in [0.1, 0.15) is 62.0 Å². The van der Waals surface area contributed by atoms with E-state index in [1.54, 1.807) is 0 Å². The van der Waals surface area contributed by atoms with Crippen molar-refractivity contribution in [1.82, 2.24) is 14.8 Å². The van der Waals surface area contributed by atoms with Crippen LogP contribution < -0.4 is 10.2 Å². The van der Waals surface area contributed by atoms with Gasteiger partial charge in [-0.25, -0.2) is 0 Å². The van der Waals surface area contributed by atoms with E-state index in [2.05, 4.69) is 60.2 Å². The second-order valence-electron chi connectivity index (χ2n) is 11.2. The van der Waals surface area contributed by atoms with Gasteiger partial charge in [0.25, 0.3) is 11.9 Å². The number of benzene rings is 1. The molecule has 0 radical (unpaired) electrons. The smallest absolute Gasteiger partial charge is 0.298 e. The number of aryl methyl sites for hydroxylation is 1. The van der Waals surface area contributed by atoms with Gasteiger partial charge in [-0.2, -0.15) is 10.1 Å². The van der Waals surface area contributed by atoms with Crippen molar-refractivity contribution in [2.75, 3.05) is 23.3 Å². The molecular weight excluding hydrogens is 446 g/mol. The van der Waals surface area contributed by atoms with E-state index in [4.69, 9.17) is 8.84 Å². The average molecular weight is 482 g/mol. The Morgan fingerprint density at radius 1 is 1.24 bits per heavy atom. The number of carbonyl (C=O) groups excluding carboxylic acids is 1. The summed E-state index contributed by atoms with van der Waals surface area (Å²) in [5.74, 6) is 0.235. The molecule has 1 aromatic carbocycles. The standard InChI is InChI=1S/C25H35N5O3Si/c1-25(2,3)34(5,6)33-18-9-10-30(14-18)24-28-21(15-32-24)23(31)27-20-11-17-13-26-29(4)22(17)12-19(20)16-7-8-16/h11-13,15-16,18H,7-10,14H2,1-6H3,(H,27,31)/t18-/m0/s1. The molecule has 2 aliphatic rings. The molecule has 3 heterocycles. The Hall–Kier alpha value is -2.65. The maximum absolute atomic E-state index is 13.0. The Balaban J connectivity index is 1.28. The zero-order chi connectivity index (χ0) is 24.3. The Labute approximate surface area is 201 Å². The first-order valence-electron chi connectivity index (χ1n) is 12.2. The predicted octanol–water partition coefficient (Wildman–Crippen LogP) is 5.29. The molecule has 1 amide bonds. The minimum absolute atomic E-state index is 0.164. The van der Waals surface area contributed by atoms with Gasteiger partial charge in [0, 0.05) is 31.2 Å². The molecule has 0 bridgehead atoms. The molecule has 8 nitrogen and oxygen atoms in total. The number of hydrogen-bond donors (Lipinski definition) is 1. The quantitative estimate of drug-likeness (QED) is 0.482. The van der Waals surface area contributed by atoms with Crippen LogP contribution in [0.3, 0.4) is 0 Å². The van der Waals surface area contributed by atoms with Crippen LogP contribution in [-0.2, 0) is 11.5 Å². The third-order valence-electron chi connectivity index (χ3n) is 7.59. The van der Waals surface area contributed by atoms with Crippen LogP contribution in [0.15, 0.2) is 29.0 Å². The first-order valence-corrected chi connectivity index (χ1v) is 15.1. The van der Waals surface area contributed by atoms with Gasteiger partial charge in [0.15, 0.2) is 14.0 Å². The van der Waals surface area contributed by atoms with E-state index in [1.807, 2.05) is 24.0 Å². The normalized spacial score (nSPS) is 19.2. The van der Waals surface area contributed by atoms with Crippen molar-refractivity contribution in [2.45, 2.75) is 70.2 Å². The van der Waals surface area contributed by atoms with Crippen molar-refractivity contribution >= 4 is 36.8 Å². The van der Waals surface area contributed by atoms with E-state index in [9.17, 15) is 4.79 Å². The van der Waals surface area contributed by atoms with E-state index in [-0.39, 0.29) is 22.7 Å². The summed E-state index contributed by atoms with van der Waals surface area (Å²) in [7, 11) is 0.107. The van der Waals surface area contributed by atoms with E-state index in [1.165, 1.54) is 11.8 Å². The summed E-state index contributed by atoms with van der Waals surface area (Å²) in [5.41, 5.74) is 3.36. The maximum Gasteiger partial charge on any atom is 0.298 e. The van der Waals surface area contributed by atoms with Crippen molar-refractivity contribution in [2.24, 2.45) is 7.05 Å². The third-order valence-corrected chi connectivity index (χ3v) is 12.1. The number of oxazole rings is 1. The highest BCUT2D eigenvalue weighted by atomic mass is 28.4. The average Bonchev–Trinajstić information content (AvgIpc) is 3.14. The molecule has 1 saturated carbocycles. The fourth-order valence-corrected chi connectivity index (χ4v) is 5.73. The summed E-state index contributed by atoms with van der Waals surface area (Å²) in [4.78, 5) is 19.6. The van der Waals surface area contributed by atoms with Crippen molar-refractivity contribution in [3.63, 3.8) is 0 Å². The second kappa shape index (κ2) is 8.23. The Morgan fingerprint density at radius 2 is 2.00 bits per heavy atom. The van der Waals surface area contributed by atoms with Crippen LogP contribution in [0.4, 0.5) is 11.7 Å². The minimum Gasteiger partial charge on any atom is -0.431 e. The molecule has 5 rings (SSSR count). The van der Waals surface area contributed by atoms with Gasteiger partial charge >= 0.3 is 0 Å². The predicted molar refractivity (Wildman–Crippen MR) is 136 cm³/mol. The number of rotatable bonds is 6. The van der Waals surface area contributed by atoms with Gasteiger partial charge in [-0.15, -0.1) is 0 Å². The van der Waals surface area contributed by atoms with Crippen LogP contribution in [-0.4, -0.2) is 48.2 Å². The molecule has 182 valence electrons. The largest absolute Gasteiger partial charge is 0.431 e. The van der Waals surface area contributed by atoms with Gasteiger partial charge in [0.05, 0.1) is 17.8 Å². The summed E-state index contributed by atoms with van der Waals surface area (Å²) < 4.78 is 14.2. The topological polar surface area (TPSA) is 85.4 Å². The number of nitrogens with one attached hydrogen (secondary N) is 1. The van der Waals surface area contributed by atoms with Crippen LogP contribution in [0.25, 0.3) is 10.9 Å². The molecule has 34 heavy (non-hydrogen) atoms. The van der Waals surface area contributed by atoms with Crippen LogP contribution >= 0.6 is 0 Å². The van der Waals surface area contributed by atoms with Crippen molar-refractivity contribution in [1.29, 1.82) is 0 Å². The highest BCUT2D eigenvalue weighted by molar-refractivity contribution is 6.74. The molecule has 2 fully saturated rings. The molecule has 9 heteroatoms. The van der Waals surface area contributed by atoms with Gasteiger partial charge in [-0.05, 0) is 61.0 Å². The number of carbonyl (C=O) groups is 1. The number of amides is 1. The van der Waals surface area contributed by atoms with Gasteiger partial charge in [-0.1, -0.05) is 20.8 Å². The van der Waals surface area contributed by atoms with Crippen molar-refractivity contribution in [3.8, 4) is 0 Å². The van der Waals surface area contributed by atoms with Gasteiger partial charge in [0.2, 0.25) is 0 Å². The van der Waals surface area contributed by atoms with E-state index in [0.29, 0.717) is 11.9 Å². The first-order chi connectivity index (χ1) is 16.0.